The molecule has 0 aliphatic rings. The first-order valence-corrected chi connectivity index (χ1v) is 7.34. The maximum atomic E-state index is 13.6. The smallest absolute Gasteiger partial charge is 0.124 e. The molecule has 5 heteroatoms. The lowest BCUT2D eigenvalue weighted by molar-refractivity contribution is 0.404. The maximum Gasteiger partial charge on any atom is 0.124 e. The Hall–Kier alpha value is -1.29. The van der Waals surface area contributed by atoms with E-state index >= 15 is 0 Å². The first kappa shape index (κ1) is 16.1. The van der Waals surface area contributed by atoms with E-state index in [4.69, 9.17) is 27.9 Å². The molecule has 0 heterocycles. The first-order valence-electron chi connectivity index (χ1n) is 6.58. The summed E-state index contributed by atoms with van der Waals surface area (Å²) in [4.78, 5) is 0. The van der Waals surface area contributed by atoms with Gasteiger partial charge in [0, 0.05) is 15.6 Å². The predicted octanol–water partition coefficient (Wildman–Crippen LogP) is 4.84. The van der Waals surface area contributed by atoms with Crippen LogP contribution in [0, 0.1) is 5.82 Å². The molecule has 0 amide bonds. The van der Waals surface area contributed by atoms with Crippen LogP contribution in [0.15, 0.2) is 36.4 Å². The fourth-order valence-corrected chi connectivity index (χ4v) is 2.67. The van der Waals surface area contributed by atoms with E-state index in [1.54, 1.807) is 31.4 Å². The van der Waals surface area contributed by atoms with Crippen molar-refractivity contribution in [1.82, 2.24) is 5.32 Å². The molecule has 0 saturated heterocycles. The van der Waals surface area contributed by atoms with E-state index in [0.29, 0.717) is 27.9 Å². The van der Waals surface area contributed by atoms with Gasteiger partial charge < -0.3 is 10.1 Å². The van der Waals surface area contributed by atoms with Gasteiger partial charge in [0.15, 0.2) is 0 Å². The van der Waals surface area contributed by atoms with Gasteiger partial charge in [0.05, 0.1) is 13.2 Å². The van der Waals surface area contributed by atoms with Gasteiger partial charge in [-0.2, -0.15) is 0 Å². The SMILES string of the molecule is CCNC(c1cc(F)ccc1Cl)c1cc(Cl)ccc1OC. The molecule has 0 aromatic heterocycles. The molecule has 2 aromatic carbocycles. The molecule has 112 valence electrons. The fraction of sp³-hybridized carbons (Fsp3) is 0.250. The maximum absolute atomic E-state index is 13.6. The summed E-state index contributed by atoms with van der Waals surface area (Å²) in [5.74, 6) is 0.337. The van der Waals surface area contributed by atoms with Gasteiger partial charge in [-0.1, -0.05) is 30.1 Å². The predicted molar refractivity (Wildman–Crippen MR) is 84.9 cm³/mol. The van der Waals surface area contributed by atoms with Crippen molar-refractivity contribution in [2.45, 2.75) is 13.0 Å². The van der Waals surface area contributed by atoms with Gasteiger partial charge >= 0.3 is 0 Å². The van der Waals surface area contributed by atoms with Crippen molar-refractivity contribution in [3.8, 4) is 5.75 Å². The highest BCUT2D eigenvalue weighted by Gasteiger charge is 2.21. The second-order valence-electron chi connectivity index (χ2n) is 4.54. The molecule has 1 atom stereocenters. The third kappa shape index (κ3) is 3.67. The lowest BCUT2D eigenvalue weighted by Gasteiger charge is -2.22. The number of ether oxygens (including phenoxy) is 1. The van der Waals surface area contributed by atoms with E-state index in [0.717, 1.165) is 5.56 Å². The summed E-state index contributed by atoms with van der Waals surface area (Å²) in [6.45, 7) is 2.66. The zero-order valence-corrected chi connectivity index (χ0v) is 13.3. The topological polar surface area (TPSA) is 21.3 Å². The van der Waals surface area contributed by atoms with Crippen LogP contribution in [0.1, 0.15) is 24.1 Å². The third-order valence-corrected chi connectivity index (χ3v) is 3.76. The van der Waals surface area contributed by atoms with Gasteiger partial charge in [0.25, 0.3) is 0 Å². The van der Waals surface area contributed by atoms with Crippen molar-refractivity contribution >= 4 is 23.2 Å². The molecule has 0 aliphatic carbocycles. The highest BCUT2D eigenvalue weighted by atomic mass is 35.5. The van der Waals surface area contributed by atoms with Gasteiger partial charge in [-0.15, -0.1) is 0 Å². The largest absolute Gasteiger partial charge is 0.496 e. The Kier molecular flexibility index (Phi) is 5.45. The third-order valence-electron chi connectivity index (χ3n) is 3.18. The lowest BCUT2D eigenvalue weighted by atomic mass is 9.97. The van der Waals surface area contributed by atoms with Gasteiger partial charge in [-0.3, -0.25) is 0 Å². The summed E-state index contributed by atoms with van der Waals surface area (Å²) >= 11 is 12.3. The van der Waals surface area contributed by atoms with Crippen molar-refractivity contribution in [2.24, 2.45) is 0 Å². The van der Waals surface area contributed by atoms with E-state index in [-0.39, 0.29) is 11.9 Å². The first-order chi connectivity index (χ1) is 10.1. The average Bonchev–Trinajstić information content (AvgIpc) is 2.47. The molecule has 0 spiro atoms. The highest BCUT2D eigenvalue weighted by Crippen LogP contribution is 2.35. The van der Waals surface area contributed by atoms with Crippen molar-refractivity contribution in [2.75, 3.05) is 13.7 Å². The Morgan fingerprint density at radius 1 is 1.14 bits per heavy atom. The standard InChI is InChI=1S/C16H16Cl2FNO/c1-3-20-16(12-9-11(19)5-6-14(12)18)13-8-10(17)4-7-15(13)21-2/h4-9,16,20H,3H2,1-2H3. The second kappa shape index (κ2) is 7.12. The number of nitrogens with one attached hydrogen (secondary N) is 1. The Morgan fingerprint density at radius 3 is 2.57 bits per heavy atom. The molecule has 0 radical (unpaired) electrons. The lowest BCUT2D eigenvalue weighted by Crippen LogP contribution is -2.23. The Bertz CT molecular complexity index is 634. The van der Waals surface area contributed by atoms with Crippen molar-refractivity contribution < 1.29 is 9.13 Å². The number of hydrogen-bond donors (Lipinski definition) is 1. The van der Waals surface area contributed by atoms with Crippen LogP contribution in [-0.2, 0) is 0 Å². The number of halogens is 3. The van der Waals surface area contributed by atoms with Gasteiger partial charge in [-0.25, -0.2) is 4.39 Å². The van der Waals surface area contributed by atoms with Gasteiger partial charge in [0.2, 0.25) is 0 Å². The summed E-state index contributed by atoms with van der Waals surface area (Å²) in [5.41, 5.74) is 1.47. The molecular formula is C16H16Cl2FNO. The molecule has 0 bridgehead atoms. The summed E-state index contributed by atoms with van der Waals surface area (Å²) in [6.07, 6.45) is 0. The zero-order chi connectivity index (χ0) is 15.4. The van der Waals surface area contributed by atoms with Crippen LogP contribution in [0.5, 0.6) is 5.75 Å². The van der Waals surface area contributed by atoms with Crippen LogP contribution in [-0.4, -0.2) is 13.7 Å². The minimum absolute atomic E-state index is 0.299. The van der Waals surface area contributed by atoms with Crippen LogP contribution in [0.3, 0.4) is 0 Å². The minimum Gasteiger partial charge on any atom is -0.496 e. The number of methoxy groups -OCH3 is 1. The van der Waals surface area contributed by atoms with E-state index in [9.17, 15) is 4.39 Å². The van der Waals surface area contributed by atoms with Gasteiger partial charge in [0.1, 0.15) is 11.6 Å². The van der Waals surface area contributed by atoms with Gasteiger partial charge in [-0.05, 0) is 48.5 Å². The van der Waals surface area contributed by atoms with Crippen LogP contribution in [0.4, 0.5) is 4.39 Å². The minimum atomic E-state index is -0.335. The molecule has 21 heavy (non-hydrogen) atoms. The Labute approximate surface area is 133 Å². The summed E-state index contributed by atoms with van der Waals surface area (Å²) in [6, 6.07) is 9.35. The molecule has 1 N–H and O–H groups in total. The van der Waals surface area contributed by atoms with Crippen molar-refractivity contribution in [3.05, 3.63) is 63.4 Å². The summed E-state index contributed by atoms with van der Waals surface area (Å²) in [5, 5.41) is 4.37. The van der Waals surface area contributed by atoms with E-state index in [1.165, 1.54) is 12.1 Å². The number of rotatable bonds is 5. The van der Waals surface area contributed by atoms with E-state index < -0.39 is 0 Å². The fourth-order valence-electron chi connectivity index (χ4n) is 2.26. The number of benzene rings is 2. The molecule has 2 rings (SSSR count). The summed E-state index contributed by atoms with van der Waals surface area (Å²) < 4.78 is 19.0. The second-order valence-corrected chi connectivity index (χ2v) is 5.39. The normalized spacial score (nSPS) is 12.2. The molecule has 2 nitrogen and oxygen atoms in total. The highest BCUT2D eigenvalue weighted by molar-refractivity contribution is 6.31. The molecule has 1 unspecified atom stereocenters. The molecular weight excluding hydrogens is 312 g/mol. The van der Waals surface area contributed by atoms with Crippen LogP contribution >= 0.6 is 23.2 Å². The summed E-state index contributed by atoms with van der Waals surface area (Å²) in [7, 11) is 1.59. The van der Waals surface area contributed by atoms with E-state index in [1.807, 2.05) is 6.92 Å². The Morgan fingerprint density at radius 2 is 1.90 bits per heavy atom. The molecule has 2 aromatic rings. The van der Waals surface area contributed by atoms with Crippen LogP contribution in [0.2, 0.25) is 10.0 Å². The monoisotopic (exact) mass is 327 g/mol. The van der Waals surface area contributed by atoms with Crippen molar-refractivity contribution in [3.63, 3.8) is 0 Å². The quantitative estimate of drug-likeness (QED) is 0.848. The Balaban J connectivity index is 2.58. The van der Waals surface area contributed by atoms with Crippen molar-refractivity contribution in [1.29, 1.82) is 0 Å². The molecule has 0 fully saturated rings. The molecule has 0 aliphatic heterocycles. The van der Waals surface area contributed by atoms with Crippen LogP contribution in [0.25, 0.3) is 0 Å². The number of hydrogen-bond acceptors (Lipinski definition) is 2. The average molecular weight is 328 g/mol. The van der Waals surface area contributed by atoms with E-state index in [2.05, 4.69) is 5.32 Å². The van der Waals surface area contributed by atoms with Crippen LogP contribution < -0.4 is 10.1 Å². The molecule has 0 saturated carbocycles. The zero-order valence-electron chi connectivity index (χ0n) is 11.8.